The Bertz CT molecular complexity index is 537. The summed E-state index contributed by atoms with van der Waals surface area (Å²) < 4.78 is 32.7. The first-order valence-electron chi connectivity index (χ1n) is 9.20. The number of hydrogen-bond donors (Lipinski definition) is 2. The maximum absolute atomic E-state index is 11.6. The lowest BCUT2D eigenvalue weighted by Gasteiger charge is -2.14. The number of unbranched alkanes of at least 4 members (excludes halogenated alkanes) is 9. The summed E-state index contributed by atoms with van der Waals surface area (Å²) in [5.74, 6) is 0.0896. The van der Waals surface area contributed by atoms with Crippen molar-refractivity contribution in [1.82, 2.24) is 0 Å². The molecule has 2 N–H and O–H groups in total. The average Bonchev–Trinajstić information content (AvgIpc) is 2.53. The van der Waals surface area contributed by atoms with E-state index in [1.165, 1.54) is 57.1 Å². The molecule has 0 fully saturated rings. The number of phenolic OH excluding ortho intramolecular Hbond substituents is 1. The molecule has 0 saturated carbocycles. The van der Waals surface area contributed by atoms with E-state index >= 15 is 0 Å². The Hall–Kier alpha value is -1.07. The fourth-order valence-corrected chi connectivity index (χ4v) is 3.96. The minimum Gasteiger partial charge on any atom is -0.508 e. The molecule has 0 spiro atoms. The Morgan fingerprint density at radius 3 is 1.75 bits per heavy atom. The molecule has 1 aromatic rings. The second-order valence-corrected chi connectivity index (χ2v) is 8.16. The van der Waals surface area contributed by atoms with Crippen LogP contribution in [-0.2, 0) is 10.1 Å². The molecule has 0 bridgehead atoms. The van der Waals surface area contributed by atoms with E-state index in [4.69, 9.17) is 0 Å². The fraction of sp³-hybridized carbons (Fsp3) is 0.684. The highest BCUT2D eigenvalue weighted by Gasteiger charge is 2.24. The van der Waals surface area contributed by atoms with Gasteiger partial charge in [0.15, 0.2) is 0 Å². The largest absolute Gasteiger partial charge is 0.508 e. The van der Waals surface area contributed by atoms with Gasteiger partial charge in [0.2, 0.25) is 0 Å². The van der Waals surface area contributed by atoms with E-state index in [2.05, 4.69) is 6.92 Å². The summed E-state index contributed by atoms with van der Waals surface area (Å²) in [5.41, 5.74) is 0.534. The zero-order chi connectivity index (χ0) is 17.8. The van der Waals surface area contributed by atoms with Crippen molar-refractivity contribution < 1.29 is 18.1 Å². The quantitative estimate of drug-likeness (QED) is 0.355. The van der Waals surface area contributed by atoms with Gasteiger partial charge in [0.25, 0.3) is 10.1 Å². The van der Waals surface area contributed by atoms with Crippen LogP contribution in [0.15, 0.2) is 24.3 Å². The summed E-state index contributed by atoms with van der Waals surface area (Å²) in [6.07, 6.45) is 12.3. The molecule has 0 amide bonds. The second kappa shape index (κ2) is 11.5. The van der Waals surface area contributed by atoms with Crippen molar-refractivity contribution in [3.05, 3.63) is 29.8 Å². The summed E-state index contributed by atoms with van der Waals surface area (Å²) >= 11 is 0. The van der Waals surface area contributed by atoms with Gasteiger partial charge < -0.3 is 5.11 Å². The van der Waals surface area contributed by atoms with Crippen LogP contribution in [0.4, 0.5) is 0 Å². The van der Waals surface area contributed by atoms with Gasteiger partial charge in [-0.15, -0.1) is 0 Å². The van der Waals surface area contributed by atoms with Gasteiger partial charge in [-0.25, -0.2) is 0 Å². The monoisotopic (exact) mass is 356 g/mol. The van der Waals surface area contributed by atoms with Gasteiger partial charge in [0.05, 0.1) is 0 Å². The van der Waals surface area contributed by atoms with Gasteiger partial charge in [-0.05, 0) is 24.1 Å². The molecule has 0 radical (unpaired) electrons. The lowest BCUT2D eigenvalue weighted by atomic mass is 10.0. The van der Waals surface area contributed by atoms with Crippen molar-refractivity contribution in [2.24, 2.45) is 0 Å². The molecular formula is C19H32O4S. The van der Waals surface area contributed by atoms with Crippen LogP contribution in [0.1, 0.15) is 88.4 Å². The third-order valence-corrected chi connectivity index (χ3v) is 5.67. The fourth-order valence-electron chi connectivity index (χ4n) is 2.99. The molecule has 1 unspecified atom stereocenters. The van der Waals surface area contributed by atoms with Crippen LogP contribution < -0.4 is 0 Å². The highest BCUT2D eigenvalue weighted by Crippen LogP contribution is 2.29. The van der Waals surface area contributed by atoms with E-state index in [9.17, 15) is 18.1 Å². The average molecular weight is 357 g/mol. The topological polar surface area (TPSA) is 74.6 Å². The third kappa shape index (κ3) is 8.69. The Morgan fingerprint density at radius 1 is 0.833 bits per heavy atom. The van der Waals surface area contributed by atoms with Gasteiger partial charge in [-0.3, -0.25) is 4.55 Å². The molecule has 1 aromatic carbocycles. The van der Waals surface area contributed by atoms with E-state index in [1.54, 1.807) is 12.1 Å². The summed E-state index contributed by atoms with van der Waals surface area (Å²) in [5, 5.41) is 8.40. The maximum Gasteiger partial charge on any atom is 0.271 e. The SMILES string of the molecule is CCCCCCCCCCCCC(c1ccc(O)cc1)S(=O)(=O)O. The van der Waals surface area contributed by atoms with Crippen molar-refractivity contribution in [2.75, 3.05) is 0 Å². The van der Waals surface area contributed by atoms with Gasteiger partial charge >= 0.3 is 0 Å². The van der Waals surface area contributed by atoms with Crippen LogP contribution in [-0.4, -0.2) is 18.1 Å². The highest BCUT2D eigenvalue weighted by molar-refractivity contribution is 7.86. The van der Waals surface area contributed by atoms with Gasteiger partial charge in [0, 0.05) is 0 Å². The maximum atomic E-state index is 11.6. The molecular weight excluding hydrogens is 324 g/mol. The van der Waals surface area contributed by atoms with Gasteiger partial charge in [0.1, 0.15) is 11.0 Å². The minimum atomic E-state index is -4.12. The van der Waals surface area contributed by atoms with E-state index in [-0.39, 0.29) is 5.75 Å². The van der Waals surface area contributed by atoms with Crippen LogP contribution in [0.3, 0.4) is 0 Å². The molecule has 1 atom stereocenters. The number of phenols is 1. The molecule has 0 saturated heterocycles. The van der Waals surface area contributed by atoms with Crippen molar-refractivity contribution in [3.8, 4) is 5.75 Å². The first kappa shape index (κ1) is 21.0. The molecule has 0 aliphatic rings. The number of aromatic hydroxyl groups is 1. The number of benzene rings is 1. The second-order valence-electron chi connectivity index (χ2n) is 6.57. The molecule has 4 nitrogen and oxygen atoms in total. The Kier molecular flexibility index (Phi) is 10.0. The lowest BCUT2D eigenvalue weighted by Crippen LogP contribution is -2.12. The van der Waals surface area contributed by atoms with E-state index in [1.807, 2.05) is 0 Å². The molecule has 5 heteroatoms. The normalized spacial score (nSPS) is 13.1. The van der Waals surface area contributed by atoms with Crippen LogP contribution in [0, 0.1) is 0 Å². The summed E-state index contributed by atoms with van der Waals surface area (Å²) in [7, 11) is -4.12. The summed E-state index contributed by atoms with van der Waals surface area (Å²) in [6.45, 7) is 2.22. The first-order valence-corrected chi connectivity index (χ1v) is 10.7. The molecule has 24 heavy (non-hydrogen) atoms. The predicted octanol–water partition coefficient (Wildman–Crippen LogP) is 5.63. The van der Waals surface area contributed by atoms with Crippen LogP contribution in [0.25, 0.3) is 0 Å². The molecule has 0 aliphatic heterocycles. The molecule has 0 aromatic heterocycles. The molecule has 0 aliphatic carbocycles. The number of hydrogen-bond acceptors (Lipinski definition) is 3. The first-order chi connectivity index (χ1) is 11.4. The Labute approximate surface area is 147 Å². The van der Waals surface area contributed by atoms with Gasteiger partial charge in [-0.1, -0.05) is 83.3 Å². The predicted molar refractivity (Wildman–Crippen MR) is 98.9 cm³/mol. The Balaban J connectivity index is 2.26. The van der Waals surface area contributed by atoms with Crippen molar-refractivity contribution in [3.63, 3.8) is 0 Å². The van der Waals surface area contributed by atoms with E-state index in [0.717, 1.165) is 19.3 Å². The summed E-state index contributed by atoms with van der Waals surface area (Å²) in [4.78, 5) is 0. The minimum absolute atomic E-state index is 0.0896. The van der Waals surface area contributed by atoms with Crippen molar-refractivity contribution in [2.45, 2.75) is 82.8 Å². The van der Waals surface area contributed by atoms with Gasteiger partial charge in [-0.2, -0.15) is 8.42 Å². The van der Waals surface area contributed by atoms with Crippen LogP contribution >= 0.6 is 0 Å². The Morgan fingerprint density at radius 2 is 1.29 bits per heavy atom. The highest BCUT2D eigenvalue weighted by atomic mass is 32.2. The summed E-state index contributed by atoms with van der Waals surface area (Å²) in [6, 6.07) is 6.02. The molecule has 138 valence electrons. The lowest BCUT2D eigenvalue weighted by molar-refractivity contribution is 0.457. The van der Waals surface area contributed by atoms with E-state index in [0.29, 0.717) is 12.0 Å². The smallest absolute Gasteiger partial charge is 0.271 e. The zero-order valence-electron chi connectivity index (χ0n) is 14.8. The molecule has 1 rings (SSSR count). The van der Waals surface area contributed by atoms with Crippen molar-refractivity contribution >= 4 is 10.1 Å². The zero-order valence-corrected chi connectivity index (χ0v) is 15.6. The third-order valence-electron chi connectivity index (χ3n) is 4.44. The van der Waals surface area contributed by atoms with Crippen LogP contribution in [0.2, 0.25) is 0 Å². The molecule has 0 heterocycles. The van der Waals surface area contributed by atoms with Crippen molar-refractivity contribution in [1.29, 1.82) is 0 Å². The number of rotatable bonds is 13. The van der Waals surface area contributed by atoms with Crippen LogP contribution in [0.5, 0.6) is 5.75 Å². The van der Waals surface area contributed by atoms with E-state index < -0.39 is 15.4 Å². The standard InChI is InChI=1S/C19H32O4S/c1-2-3-4-5-6-7-8-9-10-11-12-19(24(21,22)23)17-13-15-18(20)16-14-17/h13-16,19-20H,2-12H2,1H3,(H,21,22,23).